The fourth-order valence-electron chi connectivity index (χ4n) is 4.52. The largest absolute Gasteiger partial charge is 0.434 e. The zero-order valence-electron chi connectivity index (χ0n) is 18.5. The number of carbonyl (C=O) groups excluding carboxylic acids is 1. The summed E-state index contributed by atoms with van der Waals surface area (Å²) < 4.78 is 80.2. The van der Waals surface area contributed by atoms with Crippen molar-refractivity contribution in [2.45, 2.75) is 64.0 Å². The van der Waals surface area contributed by atoms with E-state index in [1.807, 2.05) is 44.2 Å². The number of likely N-dealkylation sites (tertiary alicyclic amines) is 2. The van der Waals surface area contributed by atoms with Crippen LogP contribution in [0.15, 0.2) is 36.0 Å². The van der Waals surface area contributed by atoms with Crippen LogP contribution in [0.4, 0.5) is 31.1 Å². The summed E-state index contributed by atoms with van der Waals surface area (Å²) >= 11 is 0. The van der Waals surface area contributed by atoms with E-state index in [1.165, 1.54) is 0 Å². The number of hydrogen-bond donors (Lipinski definition) is 0. The summed E-state index contributed by atoms with van der Waals surface area (Å²) in [6.45, 7) is 7.57. The van der Waals surface area contributed by atoms with Gasteiger partial charge in [-0.25, -0.2) is 4.79 Å². The van der Waals surface area contributed by atoms with Crippen molar-refractivity contribution in [1.82, 2.24) is 9.80 Å². The minimum atomic E-state index is -5.72. The number of rotatable bonds is 5. The Morgan fingerprint density at radius 3 is 2.16 bits per heavy atom. The molecule has 4 nitrogen and oxygen atoms in total. The van der Waals surface area contributed by atoms with Crippen LogP contribution in [0.3, 0.4) is 0 Å². The zero-order valence-corrected chi connectivity index (χ0v) is 18.5. The van der Waals surface area contributed by atoms with Crippen LogP contribution >= 0.6 is 0 Å². The predicted octanol–water partition coefficient (Wildman–Crippen LogP) is 5.87. The van der Waals surface area contributed by atoms with Crippen LogP contribution < -0.4 is 0 Å². The second-order valence-corrected chi connectivity index (χ2v) is 8.30. The number of allylic oxidation sites excluding steroid dienone is 4. The number of carbonyl (C=O) groups is 1. The first-order valence-electron chi connectivity index (χ1n) is 10.6. The molecule has 1 unspecified atom stereocenters. The topological polar surface area (TPSA) is 32.8 Å². The lowest BCUT2D eigenvalue weighted by molar-refractivity contribution is -0.308. The number of amides is 1. The lowest BCUT2D eigenvalue weighted by atomic mass is 9.77. The Bertz CT molecular complexity index is 720. The predicted molar refractivity (Wildman–Crippen MR) is 109 cm³/mol. The maximum Gasteiger partial charge on any atom is 0.434 e. The van der Waals surface area contributed by atoms with Crippen molar-refractivity contribution in [1.29, 1.82) is 0 Å². The molecule has 2 heterocycles. The molecule has 2 fully saturated rings. The lowest BCUT2D eigenvalue weighted by Crippen LogP contribution is -2.57. The first-order valence-corrected chi connectivity index (χ1v) is 10.6. The summed E-state index contributed by atoms with van der Waals surface area (Å²) in [5.41, 5.74) is 0.851. The monoisotopic (exact) mass is 468 g/mol. The molecule has 2 saturated heterocycles. The Morgan fingerprint density at radius 2 is 1.66 bits per heavy atom. The van der Waals surface area contributed by atoms with Gasteiger partial charge in [0.2, 0.25) is 0 Å². The molecule has 10 heteroatoms. The van der Waals surface area contributed by atoms with E-state index in [4.69, 9.17) is 0 Å². The fourth-order valence-corrected chi connectivity index (χ4v) is 4.52. The van der Waals surface area contributed by atoms with Gasteiger partial charge in [0.15, 0.2) is 0 Å². The minimum absolute atomic E-state index is 0.0433. The SMILES string of the molecule is C\C=C/C=C\C(=C/C)CN1CCC(C)C12CCN(C(=O)OC(C(F)(F)F)C(F)(F)F)CC2. The van der Waals surface area contributed by atoms with Crippen molar-refractivity contribution in [2.75, 3.05) is 26.2 Å². The molecule has 2 aliphatic heterocycles. The van der Waals surface area contributed by atoms with E-state index < -0.39 is 24.5 Å². The van der Waals surface area contributed by atoms with Crippen LogP contribution in [0.1, 0.15) is 40.0 Å². The molecule has 182 valence electrons. The Labute approximate surface area is 184 Å². The molecule has 0 bridgehead atoms. The summed E-state index contributed by atoms with van der Waals surface area (Å²) in [4.78, 5) is 15.4. The van der Waals surface area contributed by atoms with E-state index in [1.54, 1.807) is 0 Å². The molecule has 2 rings (SSSR count). The molecule has 0 N–H and O–H groups in total. The average molecular weight is 468 g/mol. The average Bonchev–Trinajstić information content (AvgIpc) is 2.99. The molecule has 0 aliphatic carbocycles. The summed E-state index contributed by atoms with van der Waals surface area (Å²) in [7, 11) is 0. The van der Waals surface area contributed by atoms with Gasteiger partial charge in [-0.3, -0.25) is 4.90 Å². The van der Waals surface area contributed by atoms with Crippen LogP contribution in [-0.2, 0) is 4.74 Å². The van der Waals surface area contributed by atoms with Gasteiger partial charge < -0.3 is 9.64 Å². The van der Waals surface area contributed by atoms with Crippen molar-refractivity contribution >= 4 is 6.09 Å². The third-order valence-corrected chi connectivity index (χ3v) is 6.44. The Hall–Kier alpha value is -1.97. The van der Waals surface area contributed by atoms with Gasteiger partial charge in [0.05, 0.1) is 0 Å². The highest BCUT2D eigenvalue weighted by molar-refractivity contribution is 5.68. The highest BCUT2D eigenvalue weighted by atomic mass is 19.4. The maximum absolute atomic E-state index is 12.7. The first-order chi connectivity index (χ1) is 14.8. The summed E-state index contributed by atoms with van der Waals surface area (Å²) in [6, 6.07) is 0. The number of piperidine rings is 1. The van der Waals surface area contributed by atoms with Gasteiger partial charge in [-0.15, -0.1) is 0 Å². The van der Waals surface area contributed by atoms with E-state index in [-0.39, 0.29) is 24.5 Å². The van der Waals surface area contributed by atoms with E-state index in [2.05, 4.69) is 16.6 Å². The standard InChI is InChI=1S/C22H30F6N2O2/c1-4-6-7-8-17(5-2)15-30-12-9-16(3)20(30)10-13-29(14-11-20)19(31)32-18(21(23,24)25)22(26,27)28/h4-8,16,18H,9-15H2,1-3H3/b6-4-,8-7-,17-5+. The van der Waals surface area contributed by atoms with Gasteiger partial charge in [-0.2, -0.15) is 26.3 Å². The number of hydrogen-bond acceptors (Lipinski definition) is 3. The molecule has 1 atom stereocenters. The molecule has 0 radical (unpaired) electrons. The number of nitrogens with zero attached hydrogens (tertiary/aromatic N) is 2. The van der Waals surface area contributed by atoms with E-state index >= 15 is 0 Å². The van der Waals surface area contributed by atoms with Crippen LogP contribution in [0.25, 0.3) is 0 Å². The first kappa shape index (κ1) is 26.3. The van der Waals surface area contributed by atoms with E-state index in [0.717, 1.165) is 23.4 Å². The molecule has 0 aromatic heterocycles. The van der Waals surface area contributed by atoms with Crippen molar-refractivity contribution < 1.29 is 35.9 Å². The van der Waals surface area contributed by atoms with Gasteiger partial charge in [-0.1, -0.05) is 37.3 Å². The van der Waals surface area contributed by atoms with Crippen molar-refractivity contribution in [3.05, 3.63) is 36.0 Å². The second-order valence-electron chi connectivity index (χ2n) is 8.30. The molecule has 32 heavy (non-hydrogen) atoms. The van der Waals surface area contributed by atoms with E-state index in [0.29, 0.717) is 19.4 Å². The number of halogens is 6. The normalized spacial score (nSPS) is 23.2. The zero-order chi connectivity index (χ0) is 24.2. The van der Waals surface area contributed by atoms with Gasteiger partial charge in [0, 0.05) is 25.2 Å². The third kappa shape index (κ3) is 6.08. The van der Waals surface area contributed by atoms with Crippen LogP contribution in [0.5, 0.6) is 0 Å². The third-order valence-electron chi connectivity index (χ3n) is 6.44. The van der Waals surface area contributed by atoms with Gasteiger partial charge in [0.1, 0.15) is 0 Å². The molecule has 0 saturated carbocycles. The molecule has 0 aromatic rings. The molecule has 1 spiro atoms. The quantitative estimate of drug-likeness (QED) is 0.374. The maximum atomic E-state index is 12.7. The van der Waals surface area contributed by atoms with Crippen LogP contribution in [0.2, 0.25) is 0 Å². The molecular formula is C22H30F6N2O2. The minimum Gasteiger partial charge on any atom is -0.426 e. The highest BCUT2D eigenvalue weighted by Crippen LogP contribution is 2.43. The van der Waals surface area contributed by atoms with Gasteiger partial charge >= 0.3 is 18.4 Å². The number of alkyl halides is 6. The van der Waals surface area contributed by atoms with Crippen LogP contribution in [0, 0.1) is 5.92 Å². The fraction of sp³-hybridized carbons (Fsp3) is 0.682. The van der Waals surface area contributed by atoms with Crippen molar-refractivity contribution in [2.24, 2.45) is 5.92 Å². The van der Waals surface area contributed by atoms with Gasteiger partial charge in [-0.05, 0) is 51.1 Å². The Morgan fingerprint density at radius 1 is 1.06 bits per heavy atom. The smallest absolute Gasteiger partial charge is 0.426 e. The van der Waals surface area contributed by atoms with E-state index in [9.17, 15) is 31.1 Å². The highest BCUT2D eigenvalue weighted by Gasteiger charge is 2.60. The Kier molecular flexibility index (Phi) is 8.47. The van der Waals surface area contributed by atoms with Crippen molar-refractivity contribution in [3.8, 4) is 0 Å². The van der Waals surface area contributed by atoms with Gasteiger partial charge in [0.25, 0.3) is 6.10 Å². The molecular weight excluding hydrogens is 438 g/mol. The summed E-state index contributed by atoms with van der Waals surface area (Å²) in [6.07, 6.45) is -5.48. The van der Waals surface area contributed by atoms with Crippen molar-refractivity contribution in [3.63, 3.8) is 0 Å². The summed E-state index contributed by atoms with van der Waals surface area (Å²) in [5.74, 6) is 0.288. The summed E-state index contributed by atoms with van der Waals surface area (Å²) in [5, 5.41) is 0. The second kappa shape index (κ2) is 10.3. The lowest BCUT2D eigenvalue weighted by Gasteiger charge is -2.47. The molecule has 1 amide bonds. The molecule has 0 aromatic carbocycles. The molecule has 2 aliphatic rings. The number of ether oxygens (including phenoxy) is 1. The van der Waals surface area contributed by atoms with Crippen LogP contribution in [-0.4, -0.2) is 66.1 Å². The Balaban J connectivity index is 2.07.